The molecule has 2 N–H and O–H groups in total. The minimum Gasteiger partial charge on any atom is -0.494 e. The van der Waals surface area contributed by atoms with Crippen molar-refractivity contribution in [3.05, 3.63) is 28.9 Å². The van der Waals surface area contributed by atoms with Gasteiger partial charge in [-0.25, -0.2) is 0 Å². The molecule has 0 spiro atoms. The van der Waals surface area contributed by atoms with Crippen LogP contribution in [0.25, 0.3) is 17.0 Å². The Bertz CT molecular complexity index is 1330. The van der Waals surface area contributed by atoms with Crippen molar-refractivity contribution in [1.29, 1.82) is 0 Å². The van der Waals surface area contributed by atoms with Crippen LogP contribution in [0.2, 0.25) is 5.02 Å². The van der Waals surface area contributed by atoms with Crippen molar-refractivity contribution in [1.82, 2.24) is 19.8 Å². The molecule has 1 amide bonds. The Labute approximate surface area is 267 Å². The Morgan fingerprint density at radius 2 is 1.55 bits per heavy atom. The number of aromatic nitrogens is 4. The summed E-state index contributed by atoms with van der Waals surface area (Å²) in [4.78, 5) is 28.3. The maximum atomic E-state index is 12.8. The SMILES string of the molecule is CCCCCCCCCCCCCCOC(=O)CCC(=O)Nc1ccc(OCC)cc1-c1nn2nc(C(C)(C)C)c(Cl)c2[nH]1. The van der Waals surface area contributed by atoms with Gasteiger partial charge in [-0.15, -0.1) is 9.73 Å². The third kappa shape index (κ3) is 11.1. The number of nitrogens with zero attached hydrogens (tertiary/aromatic N) is 3. The second kappa shape index (κ2) is 18.0. The second-order valence-electron chi connectivity index (χ2n) is 12.5. The number of carbonyl (C=O) groups is 2. The molecule has 244 valence electrons. The molecule has 0 aliphatic carbocycles. The summed E-state index contributed by atoms with van der Waals surface area (Å²) in [5.74, 6) is 0.472. The molecule has 0 aliphatic heterocycles. The number of ether oxygens (including phenoxy) is 2. The molecule has 0 radical (unpaired) electrons. The van der Waals surface area contributed by atoms with Gasteiger partial charge in [-0.1, -0.05) is 110 Å². The molecule has 0 saturated carbocycles. The smallest absolute Gasteiger partial charge is 0.306 e. The number of amides is 1. The first-order valence-electron chi connectivity index (χ1n) is 16.5. The Balaban J connectivity index is 1.43. The summed E-state index contributed by atoms with van der Waals surface area (Å²) in [7, 11) is 0. The Hall–Kier alpha value is -3.07. The van der Waals surface area contributed by atoms with Crippen LogP contribution < -0.4 is 10.1 Å². The molecular formula is C34H52ClN5O4. The highest BCUT2D eigenvalue weighted by molar-refractivity contribution is 6.34. The maximum absolute atomic E-state index is 12.8. The molecular weight excluding hydrogens is 578 g/mol. The fraction of sp³-hybridized carbons (Fsp3) is 0.647. The number of aromatic amines is 1. The van der Waals surface area contributed by atoms with E-state index in [-0.39, 0.29) is 30.1 Å². The lowest BCUT2D eigenvalue weighted by molar-refractivity contribution is -0.144. The van der Waals surface area contributed by atoms with Gasteiger partial charge in [0.1, 0.15) is 10.8 Å². The molecule has 2 heterocycles. The highest BCUT2D eigenvalue weighted by atomic mass is 35.5. The number of halogens is 1. The van der Waals surface area contributed by atoms with E-state index in [9.17, 15) is 9.59 Å². The fourth-order valence-electron chi connectivity index (χ4n) is 5.11. The highest BCUT2D eigenvalue weighted by Crippen LogP contribution is 2.34. The molecule has 0 unspecified atom stereocenters. The van der Waals surface area contributed by atoms with Gasteiger partial charge in [0.15, 0.2) is 11.5 Å². The molecule has 44 heavy (non-hydrogen) atoms. The lowest BCUT2D eigenvalue weighted by atomic mass is 9.92. The van der Waals surface area contributed by atoms with Crippen molar-refractivity contribution in [3.8, 4) is 17.1 Å². The van der Waals surface area contributed by atoms with Crippen molar-refractivity contribution in [2.45, 2.75) is 130 Å². The lowest BCUT2D eigenvalue weighted by Gasteiger charge is -2.15. The van der Waals surface area contributed by atoms with Crippen molar-refractivity contribution >= 4 is 34.8 Å². The van der Waals surface area contributed by atoms with E-state index < -0.39 is 0 Å². The number of rotatable bonds is 20. The molecule has 0 fully saturated rings. The topological polar surface area (TPSA) is 111 Å². The Morgan fingerprint density at radius 1 is 0.909 bits per heavy atom. The van der Waals surface area contributed by atoms with Gasteiger partial charge in [0.25, 0.3) is 0 Å². The average Bonchev–Trinajstić information content (AvgIpc) is 3.54. The van der Waals surface area contributed by atoms with Gasteiger partial charge in [0.05, 0.1) is 31.0 Å². The van der Waals surface area contributed by atoms with E-state index in [1.54, 1.807) is 18.2 Å². The van der Waals surface area contributed by atoms with Crippen LogP contribution in [0.4, 0.5) is 5.69 Å². The highest BCUT2D eigenvalue weighted by Gasteiger charge is 2.26. The zero-order valence-corrected chi connectivity index (χ0v) is 28.2. The summed E-state index contributed by atoms with van der Waals surface area (Å²) < 4.78 is 12.5. The quantitative estimate of drug-likeness (QED) is 0.0953. The van der Waals surface area contributed by atoms with Crippen molar-refractivity contribution < 1.29 is 19.1 Å². The van der Waals surface area contributed by atoms with E-state index >= 15 is 0 Å². The molecule has 3 aromatic rings. The number of fused-ring (bicyclic) bond motifs is 1. The van der Waals surface area contributed by atoms with E-state index in [4.69, 9.17) is 21.1 Å². The number of esters is 1. The molecule has 2 aromatic heterocycles. The third-order valence-corrected chi connectivity index (χ3v) is 7.96. The van der Waals surface area contributed by atoms with Crippen molar-refractivity contribution in [3.63, 3.8) is 0 Å². The number of hydrogen-bond acceptors (Lipinski definition) is 6. The van der Waals surface area contributed by atoms with E-state index in [1.165, 1.54) is 68.8 Å². The average molecular weight is 630 g/mol. The van der Waals surface area contributed by atoms with Crippen LogP contribution in [0.1, 0.15) is 130 Å². The molecule has 10 heteroatoms. The first-order valence-corrected chi connectivity index (χ1v) is 16.9. The van der Waals surface area contributed by atoms with Gasteiger partial charge in [-0.05, 0) is 31.5 Å². The van der Waals surface area contributed by atoms with E-state index in [1.807, 2.05) is 27.7 Å². The summed E-state index contributed by atoms with van der Waals surface area (Å²) >= 11 is 6.63. The monoisotopic (exact) mass is 629 g/mol. The number of unbranched alkanes of at least 4 members (excludes halogenated alkanes) is 11. The van der Waals surface area contributed by atoms with Crippen LogP contribution in [0.5, 0.6) is 5.75 Å². The number of anilines is 1. The lowest BCUT2D eigenvalue weighted by Crippen LogP contribution is -2.15. The summed E-state index contributed by atoms with van der Waals surface area (Å²) in [6, 6.07) is 5.35. The maximum Gasteiger partial charge on any atom is 0.306 e. The van der Waals surface area contributed by atoms with Crippen LogP contribution in [0.15, 0.2) is 18.2 Å². The third-order valence-electron chi connectivity index (χ3n) is 7.60. The standard InChI is InChI=1S/C34H52ClN5O4/c1-6-8-9-10-11-12-13-14-15-16-17-18-23-44-29(42)22-21-28(41)36-27-20-19-25(43-7-2)24-26(27)32-37-33-30(35)31(34(3,4)5)38-40(33)39-32/h19-20,24H,6-18,21-23H2,1-5H3,(H,36,41)(H,37,39). The summed E-state index contributed by atoms with van der Waals surface area (Å²) in [5.41, 5.74) is 2.23. The minimum atomic E-state index is -0.355. The van der Waals surface area contributed by atoms with E-state index in [2.05, 4.69) is 27.4 Å². The largest absolute Gasteiger partial charge is 0.494 e. The van der Waals surface area contributed by atoms with Gasteiger partial charge in [0.2, 0.25) is 5.91 Å². The molecule has 9 nitrogen and oxygen atoms in total. The van der Waals surface area contributed by atoms with Gasteiger partial charge in [0, 0.05) is 17.4 Å². The van der Waals surface area contributed by atoms with Crippen molar-refractivity contribution in [2.24, 2.45) is 0 Å². The van der Waals surface area contributed by atoms with Gasteiger partial charge in [-0.2, -0.15) is 5.10 Å². The summed E-state index contributed by atoms with van der Waals surface area (Å²) in [6.07, 6.45) is 15.1. The van der Waals surface area contributed by atoms with Crippen molar-refractivity contribution in [2.75, 3.05) is 18.5 Å². The van der Waals surface area contributed by atoms with Crippen LogP contribution >= 0.6 is 11.6 Å². The predicted octanol–water partition coefficient (Wildman–Crippen LogP) is 9.04. The Kier molecular flexibility index (Phi) is 14.5. The zero-order chi connectivity index (χ0) is 32.0. The van der Waals surface area contributed by atoms with Crippen LogP contribution in [0.3, 0.4) is 0 Å². The van der Waals surface area contributed by atoms with Gasteiger partial charge in [-0.3, -0.25) is 9.59 Å². The normalized spacial score (nSPS) is 11.7. The number of hydrogen-bond donors (Lipinski definition) is 2. The number of benzene rings is 1. The van der Waals surface area contributed by atoms with Gasteiger partial charge < -0.3 is 19.8 Å². The molecule has 0 bridgehead atoms. The van der Waals surface area contributed by atoms with Crippen LogP contribution in [0, 0.1) is 0 Å². The molecule has 1 aromatic carbocycles. The zero-order valence-electron chi connectivity index (χ0n) is 27.4. The Morgan fingerprint density at radius 3 is 2.14 bits per heavy atom. The van der Waals surface area contributed by atoms with Crippen LogP contribution in [-0.2, 0) is 19.7 Å². The summed E-state index contributed by atoms with van der Waals surface area (Å²) in [5, 5.41) is 12.6. The van der Waals surface area contributed by atoms with E-state index in [0.717, 1.165) is 18.5 Å². The number of H-pyrrole nitrogens is 1. The number of nitrogens with one attached hydrogen (secondary N) is 2. The minimum absolute atomic E-state index is 0.0200. The fourth-order valence-corrected chi connectivity index (χ4v) is 5.56. The van der Waals surface area contributed by atoms with Crippen LogP contribution in [-0.4, -0.2) is 44.9 Å². The first kappa shape index (κ1) is 35.4. The summed E-state index contributed by atoms with van der Waals surface area (Å²) in [6.45, 7) is 11.2. The second-order valence-corrected chi connectivity index (χ2v) is 12.9. The molecule has 3 rings (SSSR count). The van der Waals surface area contributed by atoms with Gasteiger partial charge >= 0.3 is 5.97 Å². The molecule has 0 atom stereocenters. The molecule has 0 saturated heterocycles. The first-order chi connectivity index (χ1) is 21.1. The van der Waals surface area contributed by atoms with E-state index in [0.29, 0.717) is 46.7 Å². The number of carbonyl (C=O) groups excluding carboxylic acids is 2. The molecule has 0 aliphatic rings. The predicted molar refractivity (Wildman–Crippen MR) is 178 cm³/mol.